The molecule has 0 spiro atoms. The first-order valence-electron chi connectivity index (χ1n) is 11.0. The fourth-order valence-corrected chi connectivity index (χ4v) is 4.33. The molecule has 0 bridgehead atoms. The molecule has 4 aromatic heterocycles. The number of pyridine rings is 2. The summed E-state index contributed by atoms with van der Waals surface area (Å²) in [6.07, 6.45) is 5.24. The van der Waals surface area contributed by atoms with Crippen LogP contribution in [0.2, 0.25) is 0 Å². The summed E-state index contributed by atoms with van der Waals surface area (Å²) in [5.74, 6) is 0.611. The molecule has 0 atom stereocenters. The Hall–Kier alpha value is -4.04. The maximum atomic E-state index is 13.2. The smallest absolute Gasteiger partial charge is 0.252 e. The summed E-state index contributed by atoms with van der Waals surface area (Å²) in [6.45, 7) is 3.55. The number of carbonyl (C=O) groups excluding carboxylic acids is 1. The number of hydrogen-bond acceptors (Lipinski definition) is 6. The van der Waals surface area contributed by atoms with Crippen LogP contribution in [0.1, 0.15) is 28.4 Å². The molecule has 0 aliphatic carbocycles. The molecule has 0 radical (unpaired) electrons. The maximum Gasteiger partial charge on any atom is 0.252 e. The van der Waals surface area contributed by atoms with E-state index in [1.54, 1.807) is 29.9 Å². The molecule has 7 nitrogen and oxygen atoms in total. The SMILES string of the molecule is CCn1ncc2c(C(=O)NCc3ccc(OCc4cccnc4)cc3)cc(-c3cccs3)nc21. The van der Waals surface area contributed by atoms with Crippen LogP contribution in [0.4, 0.5) is 0 Å². The molecule has 1 N–H and O–H groups in total. The highest BCUT2D eigenvalue weighted by atomic mass is 32.1. The van der Waals surface area contributed by atoms with Crippen LogP contribution in [-0.4, -0.2) is 25.7 Å². The Balaban J connectivity index is 1.30. The summed E-state index contributed by atoms with van der Waals surface area (Å²) >= 11 is 1.60. The molecule has 8 heteroatoms. The third kappa shape index (κ3) is 4.67. The minimum Gasteiger partial charge on any atom is -0.489 e. The molecule has 0 unspecified atom stereocenters. The number of rotatable bonds is 8. The second-order valence-corrected chi connectivity index (χ2v) is 8.65. The topological polar surface area (TPSA) is 81.9 Å². The first-order chi connectivity index (χ1) is 16.7. The van der Waals surface area contributed by atoms with Crippen molar-refractivity contribution in [2.45, 2.75) is 26.6 Å². The largest absolute Gasteiger partial charge is 0.489 e. The van der Waals surface area contributed by atoms with Crippen molar-refractivity contribution >= 4 is 28.3 Å². The third-order valence-corrected chi connectivity index (χ3v) is 6.32. The minimum absolute atomic E-state index is 0.155. The number of aryl methyl sites for hydroxylation is 1. The zero-order valence-electron chi connectivity index (χ0n) is 18.6. The standard InChI is InChI=1S/C26H23N5O2S/c1-2-31-25-22(16-29-31)21(13-23(30-25)24-6-4-12-34-24)26(32)28-15-18-7-9-20(10-8-18)33-17-19-5-3-11-27-14-19/h3-14,16H,2,15,17H2,1H3,(H,28,32). The van der Waals surface area contributed by atoms with E-state index in [0.717, 1.165) is 32.8 Å². The van der Waals surface area contributed by atoms with Gasteiger partial charge in [0.15, 0.2) is 5.65 Å². The average Bonchev–Trinajstić information content (AvgIpc) is 3.57. The van der Waals surface area contributed by atoms with Gasteiger partial charge in [0.05, 0.1) is 27.7 Å². The number of amides is 1. The van der Waals surface area contributed by atoms with Gasteiger partial charge in [0.25, 0.3) is 5.91 Å². The summed E-state index contributed by atoms with van der Waals surface area (Å²) in [7, 11) is 0. The van der Waals surface area contributed by atoms with E-state index >= 15 is 0 Å². The Kier molecular flexibility index (Phi) is 6.31. The molecule has 0 aliphatic rings. The number of nitrogens with zero attached hydrogens (tertiary/aromatic N) is 4. The van der Waals surface area contributed by atoms with E-state index in [-0.39, 0.29) is 5.91 Å². The van der Waals surface area contributed by atoms with E-state index in [9.17, 15) is 4.79 Å². The number of thiophene rings is 1. The zero-order valence-corrected chi connectivity index (χ0v) is 19.5. The van der Waals surface area contributed by atoms with Crippen LogP contribution in [0.25, 0.3) is 21.6 Å². The van der Waals surface area contributed by atoms with Crippen LogP contribution in [0.3, 0.4) is 0 Å². The molecule has 0 saturated heterocycles. The van der Waals surface area contributed by atoms with Gasteiger partial charge in [-0.1, -0.05) is 24.3 Å². The zero-order chi connectivity index (χ0) is 23.3. The number of ether oxygens (including phenoxy) is 1. The lowest BCUT2D eigenvalue weighted by atomic mass is 10.1. The molecule has 0 aliphatic heterocycles. The van der Waals surface area contributed by atoms with Gasteiger partial charge in [-0.3, -0.25) is 9.78 Å². The highest BCUT2D eigenvalue weighted by Crippen LogP contribution is 2.28. The number of nitrogens with one attached hydrogen (secondary N) is 1. The van der Waals surface area contributed by atoms with Gasteiger partial charge in [-0.15, -0.1) is 11.3 Å². The molecule has 34 heavy (non-hydrogen) atoms. The lowest BCUT2D eigenvalue weighted by Crippen LogP contribution is -2.23. The number of benzene rings is 1. The average molecular weight is 470 g/mol. The predicted molar refractivity (Wildman–Crippen MR) is 133 cm³/mol. The highest BCUT2D eigenvalue weighted by Gasteiger charge is 2.17. The van der Waals surface area contributed by atoms with Crippen LogP contribution in [0.5, 0.6) is 5.75 Å². The summed E-state index contributed by atoms with van der Waals surface area (Å²) in [5, 5.41) is 10.2. The molecule has 0 saturated carbocycles. The van der Waals surface area contributed by atoms with E-state index in [4.69, 9.17) is 9.72 Å². The number of carbonyl (C=O) groups is 1. The third-order valence-electron chi connectivity index (χ3n) is 5.43. The molecule has 1 aromatic carbocycles. The lowest BCUT2D eigenvalue weighted by Gasteiger charge is -2.10. The molecule has 5 aromatic rings. The Morgan fingerprint density at radius 3 is 2.71 bits per heavy atom. The van der Waals surface area contributed by atoms with Gasteiger partial charge in [0.1, 0.15) is 12.4 Å². The van der Waals surface area contributed by atoms with Crippen molar-refractivity contribution in [3.8, 4) is 16.3 Å². The van der Waals surface area contributed by atoms with E-state index in [1.807, 2.05) is 71.6 Å². The Labute approximate surface area is 201 Å². The fraction of sp³-hybridized carbons (Fsp3) is 0.154. The lowest BCUT2D eigenvalue weighted by molar-refractivity contribution is 0.0952. The van der Waals surface area contributed by atoms with Gasteiger partial charge in [0.2, 0.25) is 0 Å². The molecule has 1 amide bonds. The van der Waals surface area contributed by atoms with Crippen molar-refractivity contribution in [1.29, 1.82) is 0 Å². The summed E-state index contributed by atoms with van der Waals surface area (Å²) in [5.41, 5.74) is 4.06. The Morgan fingerprint density at radius 1 is 1.09 bits per heavy atom. The predicted octanol–water partition coefficient (Wildman–Crippen LogP) is 5.08. The Bertz CT molecular complexity index is 1400. The summed E-state index contributed by atoms with van der Waals surface area (Å²) < 4.78 is 7.62. The molecule has 0 fully saturated rings. The number of fused-ring (bicyclic) bond motifs is 1. The van der Waals surface area contributed by atoms with E-state index in [1.165, 1.54) is 0 Å². The minimum atomic E-state index is -0.155. The van der Waals surface area contributed by atoms with Gasteiger partial charge in [-0.05, 0) is 48.2 Å². The summed E-state index contributed by atoms with van der Waals surface area (Å²) in [6, 6.07) is 17.4. The fourth-order valence-electron chi connectivity index (χ4n) is 3.65. The highest BCUT2D eigenvalue weighted by molar-refractivity contribution is 7.13. The molecular weight excluding hydrogens is 446 g/mol. The van der Waals surface area contributed by atoms with Crippen molar-refractivity contribution in [3.63, 3.8) is 0 Å². The van der Waals surface area contributed by atoms with E-state index in [0.29, 0.717) is 30.9 Å². The Morgan fingerprint density at radius 2 is 1.97 bits per heavy atom. The van der Waals surface area contributed by atoms with Gasteiger partial charge < -0.3 is 10.1 Å². The van der Waals surface area contributed by atoms with Crippen LogP contribution in [0, 0.1) is 0 Å². The first-order valence-corrected chi connectivity index (χ1v) is 11.9. The van der Waals surface area contributed by atoms with Crippen molar-refractivity contribution in [2.75, 3.05) is 0 Å². The van der Waals surface area contributed by atoms with Gasteiger partial charge in [-0.2, -0.15) is 5.10 Å². The quantitative estimate of drug-likeness (QED) is 0.343. The number of hydrogen-bond donors (Lipinski definition) is 1. The van der Waals surface area contributed by atoms with Crippen molar-refractivity contribution in [1.82, 2.24) is 25.1 Å². The first kappa shape index (κ1) is 21.8. The monoisotopic (exact) mass is 469 g/mol. The van der Waals surface area contributed by atoms with Gasteiger partial charge >= 0.3 is 0 Å². The number of aromatic nitrogens is 4. The maximum absolute atomic E-state index is 13.2. The van der Waals surface area contributed by atoms with Crippen LogP contribution in [0.15, 0.2) is 78.6 Å². The van der Waals surface area contributed by atoms with Crippen LogP contribution >= 0.6 is 11.3 Å². The van der Waals surface area contributed by atoms with Gasteiger partial charge in [-0.25, -0.2) is 9.67 Å². The second kappa shape index (κ2) is 9.84. The van der Waals surface area contributed by atoms with Crippen LogP contribution in [-0.2, 0) is 19.7 Å². The second-order valence-electron chi connectivity index (χ2n) is 7.71. The van der Waals surface area contributed by atoms with Gasteiger partial charge in [0, 0.05) is 31.0 Å². The van der Waals surface area contributed by atoms with Crippen LogP contribution < -0.4 is 10.1 Å². The normalized spacial score (nSPS) is 11.0. The van der Waals surface area contributed by atoms with Crippen molar-refractivity contribution < 1.29 is 9.53 Å². The molecule has 170 valence electrons. The molecule has 5 rings (SSSR count). The van der Waals surface area contributed by atoms with Crippen molar-refractivity contribution in [3.05, 3.63) is 95.3 Å². The molecular formula is C26H23N5O2S. The van der Waals surface area contributed by atoms with E-state index in [2.05, 4.69) is 15.4 Å². The summed E-state index contributed by atoms with van der Waals surface area (Å²) in [4.78, 5) is 23.1. The molecule has 4 heterocycles. The van der Waals surface area contributed by atoms with E-state index < -0.39 is 0 Å². The van der Waals surface area contributed by atoms with Crippen molar-refractivity contribution in [2.24, 2.45) is 0 Å².